The van der Waals surface area contributed by atoms with Crippen molar-refractivity contribution in [2.24, 2.45) is 0 Å². The Labute approximate surface area is 108 Å². The van der Waals surface area contributed by atoms with Crippen LogP contribution in [0.3, 0.4) is 0 Å². The molecular weight excluding hydrogens is 228 g/mol. The van der Waals surface area contributed by atoms with Crippen molar-refractivity contribution in [2.45, 2.75) is 45.7 Å². The fourth-order valence-electron chi connectivity index (χ4n) is 2.30. The molecule has 0 aliphatic carbocycles. The van der Waals surface area contributed by atoms with Crippen LogP contribution < -0.4 is 10.6 Å². The standard InChI is InChI=1S/C13H22N4O/c1-3-10-8-12(17(4-2)16-10)13(18)15-11-6-5-7-14-9-11/h8,11,14H,3-7,9H2,1-2H3,(H,15,18)/t11-/m1/s1. The largest absolute Gasteiger partial charge is 0.347 e. The summed E-state index contributed by atoms with van der Waals surface area (Å²) in [6.45, 7) is 6.71. The third-order valence-corrected chi connectivity index (χ3v) is 3.36. The molecule has 1 saturated heterocycles. The van der Waals surface area contributed by atoms with Gasteiger partial charge in [0.1, 0.15) is 5.69 Å². The predicted octanol–water partition coefficient (Wildman–Crippen LogP) is 0.947. The average molecular weight is 250 g/mol. The van der Waals surface area contributed by atoms with E-state index >= 15 is 0 Å². The van der Waals surface area contributed by atoms with Gasteiger partial charge in [0, 0.05) is 19.1 Å². The number of hydrogen-bond donors (Lipinski definition) is 2. The van der Waals surface area contributed by atoms with E-state index in [4.69, 9.17) is 0 Å². The van der Waals surface area contributed by atoms with Gasteiger partial charge in [-0.15, -0.1) is 0 Å². The van der Waals surface area contributed by atoms with Crippen molar-refractivity contribution in [3.8, 4) is 0 Å². The molecule has 2 heterocycles. The molecule has 0 aromatic carbocycles. The second kappa shape index (κ2) is 6.00. The number of aromatic nitrogens is 2. The average Bonchev–Trinajstić information content (AvgIpc) is 2.83. The smallest absolute Gasteiger partial charge is 0.269 e. The van der Waals surface area contributed by atoms with E-state index in [0.717, 1.165) is 44.6 Å². The van der Waals surface area contributed by atoms with Gasteiger partial charge in [0.2, 0.25) is 0 Å². The molecule has 1 aromatic rings. The Bertz CT molecular complexity index is 407. The summed E-state index contributed by atoms with van der Waals surface area (Å²) in [5.41, 5.74) is 1.66. The van der Waals surface area contributed by atoms with Crippen LogP contribution in [0.25, 0.3) is 0 Å². The molecule has 0 radical (unpaired) electrons. The lowest BCUT2D eigenvalue weighted by atomic mass is 10.1. The molecule has 0 saturated carbocycles. The summed E-state index contributed by atoms with van der Waals surface area (Å²) in [7, 11) is 0. The summed E-state index contributed by atoms with van der Waals surface area (Å²) in [5, 5.41) is 10.8. The molecule has 18 heavy (non-hydrogen) atoms. The van der Waals surface area contributed by atoms with E-state index in [0.29, 0.717) is 5.69 Å². The quantitative estimate of drug-likeness (QED) is 0.836. The molecule has 0 unspecified atom stereocenters. The molecule has 0 bridgehead atoms. The first-order valence-corrected chi connectivity index (χ1v) is 6.82. The minimum absolute atomic E-state index is 0.00208. The molecule has 1 amide bonds. The number of nitrogens with zero attached hydrogens (tertiary/aromatic N) is 2. The maximum absolute atomic E-state index is 12.2. The number of amides is 1. The SMILES string of the molecule is CCc1cc(C(=O)N[C@@H]2CCCNC2)n(CC)n1. The first-order chi connectivity index (χ1) is 8.74. The van der Waals surface area contributed by atoms with Gasteiger partial charge in [-0.25, -0.2) is 0 Å². The summed E-state index contributed by atoms with van der Waals surface area (Å²) in [4.78, 5) is 12.2. The number of nitrogens with one attached hydrogen (secondary N) is 2. The van der Waals surface area contributed by atoms with E-state index < -0.39 is 0 Å². The van der Waals surface area contributed by atoms with Gasteiger partial charge in [0.15, 0.2) is 0 Å². The van der Waals surface area contributed by atoms with Crippen molar-refractivity contribution in [2.75, 3.05) is 13.1 Å². The minimum atomic E-state index is -0.00208. The molecule has 2 N–H and O–H groups in total. The molecule has 1 aliphatic heterocycles. The molecule has 1 fully saturated rings. The minimum Gasteiger partial charge on any atom is -0.347 e. The third kappa shape index (κ3) is 2.90. The summed E-state index contributed by atoms with van der Waals surface area (Å²) in [6, 6.07) is 2.14. The first kappa shape index (κ1) is 13.1. The Hall–Kier alpha value is -1.36. The zero-order valence-electron chi connectivity index (χ0n) is 11.2. The van der Waals surface area contributed by atoms with Crippen LogP contribution in [-0.2, 0) is 13.0 Å². The van der Waals surface area contributed by atoms with Gasteiger partial charge in [-0.05, 0) is 38.8 Å². The highest BCUT2D eigenvalue weighted by molar-refractivity contribution is 5.92. The van der Waals surface area contributed by atoms with Crippen LogP contribution in [0.15, 0.2) is 6.07 Å². The molecule has 5 nitrogen and oxygen atoms in total. The number of hydrogen-bond acceptors (Lipinski definition) is 3. The molecule has 100 valence electrons. The Kier molecular flexibility index (Phi) is 4.36. The number of piperidine rings is 1. The summed E-state index contributed by atoms with van der Waals surface area (Å²) in [6.07, 6.45) is 3.04. The molecule has 5 heteroatoms. The summed E-state index contributed by atoms with van der Waals surface area (Å²) < 4.78 is 1.78. The number of aryl methyl sites for hydroxylation is 2. The molecular formula is C13H22N4O. The van der Waals surface area contributed by atoms with Crippen molar-refractivity contribution in [3.63, 3.8) is 0 Å². The molecule has 1 atom stereocenters. The second-order valence-electron chi connectivity index (χ2n) is 4.71. The molecule has 1 aromatic heterocycles. The molecule has 1 aliphatic rings. The maximum atomic E-state index is 12.2. The molecule has 0 spiro atoms. The van der Waals surface area contributed by atoms with E-state index in [2.05, 4.69) is 22.7 Å². The van der Waals surface area contributed by atoms with Gasteiger partial charge in [0.05, 0.1) is 5.69 Å². The third-order valence-electron chi connectivity index (χ3n) is 3.36. The monoisotopic (exact) mass is 250 g/mol. The van der Waals surface area contributed by atoms with E-state index in [1.54, 1.807) is 4.68 Å². The van der Waals surface area contributed by atoms with Gasteiger partial charge < -0.3 is 10.6 Å². The van der Waals surface area contributed by atoms with Crippen molar-refractivity contribution in [1.82, 2.24) is 20.4 Å². The fourth-order valence-corrected chi connectivity index (χ4v) is 2.30. The first-order valence-electron chi connectivity index (χ1n) is 6.82. The normalized spacial score (nSPS) is 19.8. The lowest BCUT2D eigenvalue weighted by Gasteiger charge is -2.23. The van der Waals surface area contributed by atoms with E-state index in [1.807, 2.05) is 13.0 Å². The van der Waals surface area contributed by atoms with Crippen LogP contribution in [-0.4, -0.2) is 34.8 Å². The zero-order chi connectivity index (χ0) is 13.0. The number of carbonyl (C=O) groups is 1. The fraction of sp³-hybridized carbons (Fsp3) is 0.692. The highest BCUT2D eigenvalue weighted by atomic mass is 16.2. The topological polar surface area (TPSA) is 59.0 Å². The Morgan fingerprint density at radius 1 is 1.61 bits per heavy atom. The number of rotatable bonds is 4. The molecule has 2 rings (SSSR count). The van der Waals surface area contributed by atoms with Gasteiger partial charge in [-0.2, -0.15) is 5.10 Å². The maximum Gasteiger partial charge on any atom is 0.269 e. The van der Waals surface area contributed by atoms with Crippen molar-refractivity contribution >= 4 is 5.91 Å². The van der Waals surface area contributed by atoms with Crippen molar-refractivity contribution in [1.29, 1.82) is 0 Å². The van der Waals surface area contributed by atoms with Crippen molar-refractivity contribution < 1.29 is 4.79 Å². The summed E-state index contributed by atoms with van der Waals surface area (Å²) >= 11 is 0. The van der Waals surface area contributed by atoms with Crippen LogP contribution >= 0.6 is 0 Å². The Morgan fingerprint density at radius 3 is 3.06 bits per heavy atom. The van der Waals surface area contributed by atoms with E-state index in [-0.39, 0.29) is 11.9 Å². The zero-order valence-corrected chi connectivity index (χ0v) is 11.2. The predicted molar refractivity (Wildman–Crippen MR) is 70.6 cm³/mol. The van der Waals surface area contributed by atoms with Crippen LogP contribution in [0.4, 0.5) is 0 Å². The lowest BCUT2D eigenvalue weighted by molar-refractivity contribution is 0.0920. The van der Waals surface area contributed by atoms with Crippen molar-refractivity contribution in [3.05, 3.63) is 17.5 Å². The summed E-state index contributed by atoms with van der Waals surface area (Å²) in [5.74, 6) is -0.00208. The van der Waals surface area contributed by atoms with Crippen LogP contribution in [0.5, 0.6) is 0 Å². The van der Waals surface area contributed by atoms with Gasteiger partial charge in [-0.1, -0.05) is 6.92 Å². The highest BCUT2D eigenvalue weighted by Crippen LogP contribution is 2.08. The lowest BCUT2D eigenvalue weighted by Crippen LogP contribution is -2.46. The van der Waals surface area contributed by atoms with Gasteiger partial charge in [0.25, 0.3) is 5.91 Å². The second-order valence-corrected chi connectivity index (χ2v) is 4.71. The highest BCUT2D eigenvalue weighted by Gasteiger charge is 2.19. The van der Waals surface area contributed by atoms with Gasteiger partial charge >= 0.3 is 0 Å². The van der Waals surface area contributed by atoms with Gasteiger partial charge in [-0.3, -0.25) is 9.48 Å². The van der Waals surface area contributed by atoms with E-state index in [1.165, 1.54) is 0 Å². The number of carbonyl (C=O) groups excluding carboxylic acids is 1. The van der Waals surface area contributed by atoms with Crippen LogP contribution in [0.2, 0.25) is 0 Å². The Morgan fingerprint density at radius 2 is 2.44 bits per heavy atom. The van der Waals surface area contributed by atoms with Crippen LogP contribution in [0.1, 0.15) is 42.9 Å². The van der Waals surface area contributed by atoms with Crippen LogP contribution in [0, 0.1) is 0 Å². The van der Waals surface area contributed by atoms with E-state index in [9.17, 15) is 4.79 Å². The Balaban J connectivity index is 2.05.